The summed E-state index contributed by atoms with van der Waals surface area (Å²) in [7, 11) is 0. The minimum Gasteiger partial charge on any atom is -0.445 e. The molecule has 2 heterocycles. The summed E-state index contributed by atoms with van der Waals surface area (Å²) in [6.07, 6.45) is 3.79. The van der Waals surface area contributed by atoms with Crippen LogP contribution >= 0.6 is 0 Å². The van der Waals surface area contributed by atoms with Gasteiger partial charge in [-0.2, -0.15) is 0 Å². The number of ether oxygens (including phenoxy) is 1. The van der Waals surface area contributed by atoms with Crippen LogP contribution in [0.25, 0.3) is 0 Å². The molecule has 0 amide bonds. The zero-order valence-corrected chi connectivity index (χ0v) is 9.32. The molecule has 15 heavy (non-hydrogen) atoms. The Morgan fingerprint density at radius 2 is 2.47 bits per heavy atom. The lowest BCUT2D eigenvalue weighted by Gasteiger charge is -2.10. The van der Waals surface area contributed by atoms with E-state index in [1.165, 1.54) is 6.39 Å². The Kier molecular flexibility index (Phi) is 3.38. The van der Waals surface area contributed by atoms with E-state index in [9.17, 15) is 0 Å². The first-order chi connectivity index (χ1) is 7.27. The van der Waals surface area contributed by atoms with E-state index in [2.05, 4.69) is 24.1 Å². The first-order valence-corrected chi connectivity index (χ1v) is 5.54. The first-order valence-electron chi connectivity index (χ1n) is 5.54. The van der Waals surface area contributed by atoms with Gasteiger partial charge in [0.2, 0.25) is 0 Å². The number of rotatable bonds is 4. The third-order valence-electron chi connectivity index (χ3n) is 2.57. The molecule has 0 aliphatic carbocycles. The summed E-state index contributed by atoms with van der Waals surface area (Å²) in [5.74, 6) is 0.903. The lowest BCUT2D eigenvalue weighted by Crippen LogP contribution is -2.22. The lowest BCUT2D eigenvalue weighted by molar-refractivity contribution is 0.0925. The number of nitrogens with zero attached hydrogens (tertiary/aromatic N) is 1. The molecule has 1 aromatic heterocycles. The SMILES string of the molecule is CC(C)NCc1ncoc1C1CCCO1. The highest BCUT2D eigenvalue weighted by Crippen LogP contribution is 2.30. The molecule has 1 aromatic rings. The molecule has 1 fully saturated rings. The standard InChI is InChI=1S/C11H18N2O2/c1-8(2)12-6-9-11(15-7-13-9)10-4-3-5-14-10/h7-8,10,12H,3-6H2,1-2H3. The van der Waals surface area contributed by atoms with E-state index in [4.69, 9.17) is 9.15 Å². The van der Waals surface area contributed by atoms with Crippen molar-refractivity contribution in [2.45, 2.75) is 45.4 Å². The van der Waals surface area contributed by atoms with E-state index >= 15 is 0 Å². The van der Waals surface area contributed by atoms with E-state index in [1.54, 1.807) is 0 Å². The van der Waals surface area contributed by atoms with Crippen LogP contribution in [-0.2, 0) is 11.3 Å². The van der Waals surface area contributed by atoms with Crippen molar-refractivity contribution in [1.29, 1.82) is 0 Å². The van der Waals surface area contributed by atoms with Gasteiger partial charge in [-0.3, -0.25) is 0 Å². The summed E-state index contributed by atoms with van der Waals surface area (Å²) in [6.45, 7) is 5.82. The molecule has 4 heteroatoms. The van der Waals surface area contributed by atoms with Crippen LogP contribution in [0.3, 0.4) is 0 Å². The van der Waals surface area contributed by atoms with Crippen LogP contribution in [0, 0.1) is 0 Å². The minimum atomic E-state index is 0.122. The second-order valence-electron chi connectivity index (χ2n) is 4.20. The Hall–Kier alpha value is -0.870. The van der Waals surface area contributed by atoms with Gasteiger partial charge in [0.1, 0.15) is 6.10 Å². The van der Waals surface area contributed by atoms with E-state index in [1.807, 2.05) is 0 Å². The van der Waals surface area contributed by atoms with Crippen molar-refractivity contribution in [2.75, 3.05) is 6.61 Å². The monoisotopic (exact) mass is 210 g/mol. The van der Waals surface area contributed by atoms with Crippen LogP contribution < -0.4 is 5.32 Å². The van der Waals surface area contributed by atoms with E-state index in [0.717, 1.165) is 37.4 Å². The predicted octanol–water partition coefficient (Wildman–Crippen LogP) is 2.02. The Labute approximate surface area is 90.0 Å². The number of aromatic nitrogens is 1. The van der Waals surface area contributed by atoms with Crippen molar-refractivity contribution >= 4 is 0 Å². The van der Waals surface area contributed by atoms with Crippen LogP contribution in [0.2, 0.25) is 0 Å². The average Bonchev–Trinajstić information content (AvgIpc) is 2.85. The topological polar surface area (TPSA) is 47.3 Å². The molecule has 1 N–H and O–H groups in total. The fraction of sp³-hybridized carbons (Fsp3) is 0.727. The summed E-state index contributed by atoms with van der Waals surface area (Å²) in [5, 5.41) is 3.33. The first kappa shape index (κ1) is 10.6. The molecule has 0 aromatic carbocycles. The maximum Gasteiger partial charge on any atom is 0.181 e. The Balaban J connectivity index is 2.01. The quantitative estimate of drug-likeness (QED) is 0.826. The largest absolute Gasteiger partial charge is 0.445 e. The van der Waals surface area contributed by atoms with Crippen molar-refractivity contribution in [2.24, 2.45) is 0 Å². The molecule has 0 saturated carbocycles. The van der Waals surface area contributed by atoms with Crippen molar-refractivity contribution in [3.63, 3.8) is 0 Å². The van der Waals surface area contributed by atoms with Crippen molar-refractivity contribution in [3.05, 3.63) is 17.8 Å². The number of hydrogen-bond donors (Lipinski definition) is 1. The zero-order valence-electron chi connectivity index (χ0n) is 9.32. The van der Waals surface area contributed by atoms with E-state index < -0.39 is 0 Å². The van der Waals surface area contributed by atoms with Crippen molar-refractivity contribution in [3.8, 4) is 0 Å². The van der Waals surface area contributed by atoms with Gasteiger partial charge >= 0.3 is 0 Å². The summed E-state index contributed by atoms with van der Waals surface area (Å²) >= 11 is 0. The number of nitrogens with one attached hydrogen (secondary N) is 1. The molecule has 1 unspecified atom stereocenters. The Morgan fingerprint density at radius 1 is 1.60 bits per heavy atom. The van der Waals surface area contributed by atoms with Crippen LogP contribution in [0.1, 0.15) is 44.2 Å². The van der Waals surface area contributed by atoms with Crippen LogP contribution in [-0.4, -0.2) is 17.6 Å². The molecule has 0 bridgehead atoms. The minimum absolute atomic E-state index is 0.122. The van der Waals surface area contributed by atoms with Gasteiger partial charge in [-0.1, -0.05) is 13.8 Å². The predicted molar refractivity (Wildman–Crippen MR) is 56.4 cm³/mol. The smallest absolute Gasteiger partial charge is 0.181 e. The second kappa shape index (κ2) is 4.77. The molecule has 2 rings (SSSR count). The van der Waals surface area contributed by atoms with Gasteiger partial charge in [-0.15, -0.1) is 0 Å². The van der Waals surface area contributed by atoms with E-state index in [0.29, 0.717) is 6.04 Å². The van der Waals surface area contributed by atoms with Crippen LogP contribution in [0.4, 0.5) is 0 Å². The van der Waals surface area contributed by atoms with Gasteiger partial charge in [0, 0.05) is 19.2 Å². The highest BCUT2D eigenvalue weighted by molar-refractivity contribution is 5.11. The Bertz CT molecular complexity index is 303. The van der Waals surface area contributed by atoms with Gasteiger partial charge in [0.05, 0.1) is 5.69 Å². The van der Waals surface area contributed by atoms with E-state index in [-0.39, 0.29) is 6.10 Å². The van der Waals surface area contributed by atoms with Crippen LogP contribution in [0.15, 0.2) is 10.8 Å². The van der Waals surface area contributed by atoms with Gasteiger partial charge < -0.3 is 14.5 Å². The van der Waals surface area contributed by atoms with Gasteiger partial charge in [-0.05, 0) is 12.8 Å². The highest BCUT2D eigenvalue weighted by atomic mass is 16.5. The molecule has 1 aliphatic heterocycles. The molecule has 0 radical (unpaired) electrons. The Morgan fingerprint density at radius 3 is 3.13 bits per heavy atom. The second-order valence-corrected chi connectivity index (χ2v) is 4.20. The third kappa shape index (κ3) is 2.58. The third-order valence-corrected chi connectivity index (χ3v) is 2.57. The highest BCUT2D eigenvalue weighted by Gasteiger charge is 2.24. The summed E-state index contributed by atoms with van der Waals surface area (Å²) < 4.78 is 11.0. The summed E-state index contributed by atoms with van der Waals surface area (Å²) in [5.41, 5.74) is 0.982. The molecule has 0 spiro atoms. The maximum atomic E-state index is 5.58. The molecule has 1 atom stereocenters. The lowest BCUT2D eigenvalue weighted by atomic mass is 10.1. The number of hydrogen-bond acceptors (Lipinski definition) is 4. The molecule has 1 aliphatic rings. The van der Waals surface area contributed by atoms with Crippen molar-refractivity contribution < 1.29 is 9.15 Å². The summed E-state index contributed by atoms with van der Waals surface area (Å²) in [6, 6.07) is 0.457. The van der Waals surface area contributed by atoms with Gasteiger partial charge in [0.15, 0.2) is 12.2 Å². The molecular weight excluding hydrogens is 192 g/mol. The van der Waals surface area contributed by atoms with Gasteiger partial charge in [0.25, 0.3) is 0 Å². The normalized spacial score (nSPS) is 21.4. The fourth-order valence-corrected chi connectivity index (χ4v) is 1.76. The van der Waals surface area contributed by atoms with Crippen LogP contribution in [0.5, 0.6) is 0 Å². The molecule has 4 nitrogen and oxygen atoms in total. The van der Waals surface area contributed by atoms with Crippen molar-refractivity contribution in [1.82, 2.24) is 10.3 Å². The number of oxazole rings is 1. The summed E-state index contributed by atoms with van der Waals surface area (Å²) in [4.78, 5) is 4.22. The fourth-order valence-electron chi connectivity index (χ4n) is 1.76. The molecule has 1 saturated heterocycles. The molecular formula is C11H18N2O2. The zero-order chi connectivity index (χ0) is 10.7. The maximum absolute atomic E-state index is 5.58. The average molecular weight is 210 g/mol. The van der Waals surface area contributed by atoms with Gasteiger partial charge in [-0.25, -0.2) is 4.98 Å². The molecule has 84 valence electrons.